The summed E-state index contributed by atoms with van der Waals surface area (Å²) < 4.78 is 10.6. The van der Waals surface area contributed by atoms with Crippen molar-refractivity contribution in [2.45, 2.75) is 0 Å². The Hall–Kier alpha value is -1.83. The Morgan fingerprint density at radius 1 is 1.26 bits per heavy atom. The first-order chi connectivity index (χ1) is 10.8. The number of hydrogen-bond donors (Lipinski definition) is 0. The molecule has 0 unspecified atom stereocenters. The molecule has 0 saturated heterocycles. The van der Waals surface area contributed by atoms with E-state index in [1.54, 1.807) is 6.07 Å². The number of nitrogens with zero attached hydrogens (tertiary/aromatic N) is 1. The fourth-order valence-corrected chi connectivity index (χ4v) is 3.07. The minimum Gasteiger partial charge on any atom is -0.465 e. The van der Waals surface area contributed by atoms with Crippen molar-refractivity contribution in [1.82, 2.24) is 0 Å². The summed E-state index contributed by atoms with van der Waals surface area (Å²) in [6, 6.07) is 6.77. The van der Waals surface area contributed by atoms with Crippen molar-refractivity contribution < 1.29 is 19.2 Å². The predicted molar refractivity (Wildman–Crippen MR) is 88.7 cm³/mol. The third kappa shape index (κ3) is 3.93. The summed E-state index contributed by atoms with van der Waals surface area (Å²) in [4.78, 5) is 22.0. The molecule has 0 heterocycles. The van der Waals surface area contributed by atoms with Crippen molar-refractivity contribution in [1.29, 1.82) is 0 Å². The summed E-state index contributed by atoms with van der Waals surface area (Å²) in [5.41, 5.74) is -0.610. The fourth-order valence-electron chi connectivity index (χ4n) is 1.76. The lowest BCUT2D eigenvalue weighted by Crippen LogP contribution is -2.06. The zero-order valence-electron chi connectivity index (χ0n) is 11.5. The third-order valence-corrected chi connectivity index (χ3v) is 3.84. The van der Waals surface area contributed by atoms with E-state index in [1.807, 2.05) is 0 Å². The molecule has 2 aromatic rings. The van der Waals surface area contributed by atoms with Gasteiger partial charge < -0.3 is 9.47 Å². The average molecular weight is 421 g/mol. The Morgan fingerprint density at radius 3 is 2.52 bits per heavy atom. The summed E-state index contributed by atoms with van der Waals surface area (Å²) in [5.74, 6) is -0.398. The predicted octanol–water partition coefficient (Wildman–Crippen LogP) is 5.24. The Morgan fingerprint density at radius 2 is 1.96 bits per heavy atom. The molecule has 2 rings (SSSR count). The highest BCUT2D eigenvalue weighted by Gasteiger charge is 2.22. The zero-order chi connectivity index (χ0) is 17.1. The zero-order valence-corrected chi connectivity index (χ0v) is 14.6. The molecule has 0 N–H and O–H groups in total. The van der Waals surface area contributed by atoms with Crippen LogP contribution in [0.1, 0.15) is 10.4 Å². The van der Waals surface area contributed by atoms with Gasteiger partial charge in [0.2, 0.25) is 0 Å². The molecule has 0 aliphatic carbocycles. The molecule has 0 bridgehead atoms. The molecule has 0 spiro atoms. The smallest absolute Gasteiger partial charge is 0.345 e. The van der Waals surface area contributed by atoms with Crippen molar-refractivity contribution >= 4 is 50.8 Å². The fraction of sp³-hybridized carbons (Fsp3) is 0.0714. The normalized spacial score (nSPS) is 10.3. The molecule has 0 atom stereocenters. The molecule has 0 amide bonds. The lowest BCUT2D eigenvalue weighted by molar-refractivity contribution is -0.385. The lowest BCUT2D eigenvalue weighted by Gasteiger charge is -2.11. The number of methoxy groups -OCH3 is 1. The summed E-state index contributed by atoms with van der Waals surface area (Å²) >= 11 is 15.2. The van der Waals surface area contributed by atoms with Gasteiger partial charge >= 0.3 is 5.97 Å². The first-order valence-corrected chi connectivity index (χ1v) is 7.57. The molecule has 23 heavy (non-hydrogen) atoms. The number of rotatable bonds is 4. The van der Waals surface area contributed by atoms with Gasteiger partial charge in [-0.15, -0.1) is 0 Å². The Kier molecular flexibility index (Phi) is 5.46. The van der Waals surface area contributed by atoms with Crippen LogP contribution in [0.3, 0.4) is 0 Å². The van der Waals surface area contributed by atoms with Gasteiger partial charge in [0.1, 0.15) is 11.3 Å². The van der Waals surface area contributed by atoms with Crippen LogP contribution in [0.2, 0.25) is 10.0 Å². The van der Waals surface area contributed by atoms with Crippen LogP contribution in [-0.4, -0.2) is 18.0 Å². The first kappa shape index (κ1) is 17.5. The Labute approximate surface area is 149 Å². The van der Waals surface area contributed by atoms with E-state index in [9.17, 15) is 14.9 Å². The van der Waals surface area contributed by atoms with Gasteiger partial charge in [-0.1, -0.05) is 23.2 Å². The van der Waals surface area contributed by atoms with Gasteiger partial charge in [-0.3, -0.25) is 10.1 Å². The molecule has 9 heteroatoms. The molecule has 0 aliphatic rings. The monoisotopic (exact) mass is 419 g/mol. The highest BCUT2D eigenvalue weighted by Crippen LogP contribution is 2.39. The van der Waals surface area contributed by atoms with Crippen molar-refractivity contribution in [3.63, 3.8) is 0 Å². The molecule has 2 aromatic carbocycles. The topological polar surface area (TPSA) is 78.7 Å². The van der Waals surface area contributed by atoms with Crippen LogP contribution in [-0.2, 0) is 4.74 Å². The SMILES string of the molecule is COC(=O)c1cc(Oc2c(Cl)cc(Cl)cc2Br)ccc1[N+](=O)[O-]. The molecular weight excluding hydrogens is 413 g/mol. The molecule has 6 nitrogen and oxygen atoms in total. The molecule has 0 aromatic heterocycles. The maximum atomic E-state index is 11.7. The van der Waals surface area contributed by atoms with Gasteiger partial charge in [-0.25, -0.2) is 4.79 Å². The van der Waals surface area contributed by atoms with Crippen LogP contribution >= 0.6 is 39.1 Å². The first-order valence-electron chi connectivity index (χ1n) is 6.02. The van der Waals surface area contributed by atoms with Gasteiger partial charge in [0.15, 0.2) is 5.75 Å². The van der Waals surface area contributed by atoms with E-state index in [4.69, 9.17) is 27.9 Å². The maximum absolute atomic E-state index is 11.7. The van der Waals surface area contributed by atoms with Crippen molar-refractivity contribution in [3.8, 4) is 11.5 Å². The van der Waals surface area contributed by atoms with Crippen molar-refractivity contribution in [3.05, 3.63) is 60.5 Å². The van der Waals surface area contributed by atoms with E-state index in [0.29, 0.717) is 9.50 Å². The number of carbonyl (C=O) groups excluding carboxylic acids is 1. The third-order valence-electron chi connectivity index (χ3n) is 2.75. The Balaban J connectivity index is 2.46. The van der Waals surface area contributed by atoms with Crippen LogP contribution in [0.25, 0.3) is 0 Å². The minimum absolute atomic E-state index is 0.181. The van der Waals surface area contributed by atoms with Gasteiger partial charge in [0.25, 0.3) is 5.69 Å². The lowest BCUT2D eigenvalue weighted by atomic mass is 10.1. The second-order valence-electron chi connectivity index (χ2n) is 4.23. The van der Waals surface area contributed by atoms with Gasteiger partial charge in [0.05, 0.1) is 21.5 Å². The van der Waals surface area contributed by atoms with Gasteiger partial charge in [-0.2, -0.15) is 0 Å². The molecular formula is C14H8BrCl2NO5. The van der Waals surface area contributed by atoms with E-state index in [2.05, 4.69) is 20.7 Å². The summed E-state index contributed by atoms with van der Waals surface area (Å²) in [6.07, 6.45) is 0. The van der Waals surface area contributed by atoms with Gasteiger partial charge in [0, 0.05) is 17.2 Å². The standard InChI is InChI=1S/C14H8BrCl2NO5/c1-22-14(19)9-6-8(2-3-12(9)18(20)21)23-13-10(15)4-7(16)5-11(13)17/h2-6H,1H3. The van der Waals surface area contributed by atoms with E-state index < -0.39 is 10.9 Å². The molecule has 120 valence electrons. The van der Waals surface area contributed by atoms with Crippen LogP contribution in [0.15, 0.2) is 34.8 Å². The van der Waals surface area contributed by atoms with Crippen LogP contribution in [0, 0.1) is 10.1 Å². The van der Waals surface area contributed by atoms with E-state index in [0.717, 1.165) is 13.2 Å². The summed E-state index contributed by atoms with van der Waals surface area (Å²) in [6.45, 7) is 0. The van der Waals surface area contributed by atoms with E-state index in [-0.39, 0.29) is 27.8 Å². The molecule has 0 radical (unpaired) electrons. The van der Waals surface area contributed by atoms with Crippen LogP contribution in [0.5, 0.6) is 11.5 Å². The van der Waals surface area contributed by atoms with Crippen LogP contribution < -0.4 is 4.74 Å². The summed E-state index contributed by atoms with van der Waals surface area (Å²) in [5, 5.41) is 11.6. The number of halogens is 3. The van der Waals surface area contributed by atoms with Gasteiger partial charge in [-0.05, 0) is 34.1 Å². The quantitative estimate of drug-likeness (QED) is 0.383. The second kappa shape index (κ2) is 7.16. The Bertz CT molecular complexity index is 774. The molecule has 0 aliphatic heterocycles. The maximum Gasteiger partial charge on any atom is 0.345 e. The van der Waals surface area contributed by atoms with E-state index in [1.165, 1.54) is 18.2 Å². The average Bonchev–Trinajstić information content (AvgIpc) is 2.49. The largest absolute Gasteiger partial charge is 0.465 e. The number of ether oxygens (including phenoxy) is 2. The highest BCUT2D eigenvalue weighted by atomic mass is 79.9. The second-order valence-corrected chi connectivity index (χ2v) is 5.93. The number of esters is 1. The number of hydrogen-bond acceptors (Lipinski definition) is 5. The number of benzene rings is 2. The molecule has 0 fully saturated rings. The number of carbonyl (C=O) groups is 1. The number of nitro benzene ring substituents is 1. The van der Waals surface area contributed by atoms with Crippen LogP contribution in [0.4, 0.5) is 5.69 Å². The van der Waals surface area contributed by atoms with Crippen molar-refractivity contribution in [2.75, 3.05) is 7.11 Å². The van der Waals surface area contributed by atoms with E-state index >= 15 is 0 Å². The van der Waals surface area contributed by atoms with Crippen molar-refractivity contribution in [2.24, 2.45) is 0 Å². The summed E-state index contributed by atoms with van der Waals surface area (Å²) in [7, 11) is 1.13. The highest BCUT2D eigenvalue weighted by molar-refractivity contribution is 9.10. The number of nitro groups is 1. The minimum atomic E-state index is -0.844. The molecule has 0 saturated carbocycles.